The van der Waals surface area contributed by atoms with E-state index in [4.69, 9.17) is 4.42 Å². The van der Waals surface area contributed by atoms with Crippen molar-refractivity contribution in [1.82, 2.24) is 10.3 Å². The molecule has 2 heterocycles. The molecule has 136 valence electrons. The van der Waals surface area contributed by atoms with Crippen LogP contribution in [0.2, 0.25) is 0 Å². The molecule has 9 nitrogen and oxygen atoms in total. The van der Waals surface area contributed by atoms with E-state index in [1.807, 2.05) is 0 Å². The van der Waals surface area contributed by atoms with Gasteiger partial charge in [-0.15, -0.1) is 0 Å². The van der Waals surface area contributed by atoms with Crippen LogP contribution < -0.4 is 10.3 Å². The first-order valence-corrected chi connectivity index (χ1v) is 8.13. The van der Waals surface area contributed by atoms with Crippen LogP contribution in [0.5, 0.6) is 0 Å². The fourth-order valence-corrected chi connectivity index (χ4v) is 2.72. The van der Waals surface area contributed by atoms with Gasteiger partial charge in [0.2, 0.25) is 0 Å². The molecule has 1 N–H and O–H groups in total. The Bertz CT molecular complexity index is 811. The number of nitrogens with zero attached hydrogens (tertiary/aromatic N) is 4. The summed E-state index contributed by atoms with van der Waals surface area (Å²) in [5.74, 6) is -0.349. The Morgan fingerprint density at radius 2 is 2.08 bits per heavy atom. The Kier molecular flexibility index (Phi) is 5.28. The summed E-state index contributed by atoms with van der Waals surface area (Å²) in [7, 11) is 2.06. The Morgan fingerprint density at radius 3 is 2.73 bits per heavy atom. The van der Waals surface area contributed by atoms with E-state index in [9.17, 15) is 14.9 Å². The van der Waals surface area contributed by atoms with Gasteiger partial charge in [0.05, 0.1) is 17.4 Å². The van der Waals surface area contributed by atoms with Gasteiger partial charge < -0.3 is 14.2 Å². The summed E-state index contributed by atoms with van der Waals surface area (Å²) in [4.78, 5) is 26.9. The number of rotatable bonds is 5. The molecule has 26 heavy (non-hydrogen) atoms. The number of piperazine rings is 1. The molecule has 1 saturated heterocycles. The summed E-state index contributed by atoms with van der Waals surface area (Å²) in [5, 5.41) is 15.0. The number of carbonyl (C=O) groups excluding carboxylic acids is 1. The van der Waals surface area contributed by atoms with Gasteiger partial charge in [-0.2, -0.15) is 5.10 Å². The molecule has 0 spiro atoms. The second kappa shape index (κ2) is 7.79. The molecule has 2 aromatic rings. The predicted octanol–water partition coefficient (Wildman–Crippen LogP) is 1.70. The maximum absolute atomic E-state index is 11.9. The maximum atomic E-state index is 11.9. The summed E-state index contributed by atoms with van der Waals surface area (Å²) in [5.41, 5.74) is 3.75. The standard InChI is InChI=1S/C17H19N5O4/c1-20-6-8-21(9-7-20)15-5-4-14(22(24)25)11-13(15)12-18-19-17(23)16-3-2-10-26-16/h2-5,10-12H,6-9H2,1H3,(H,19,23)/b18-12+. The smallest absolute Gasteiger partial charge is 0.307 e. The molecular weight excluding hydrogens is 338 g/mol. The van der Waals surface area contributed by atoms with Crippen molar-refractivity contribution in [3.63, 3.8) is 0 Å². The summed E-state index contributed by atoms with van der Waals surface area (Å²) in [6.45, 7) is 3.44. The highest BCUT2D eigenvalue weighted by atomic mass is 16.6. The number of hydrazone groups is 1. The van der Waals surface area contributed by atoms with E-state index < -0.39 is 10.8 Å². The molecule has 0 atom stereocenters. The summed E-state index contributed by atoms with van der Waals surface area (Å²) in [6.07, 6.45) is 2.81. The van der Waals surface area contributed by atoms with Crippen molar-refractivity contribution in [2.75, 3.05) is 38.1 Å². The predicted molar refractivity (Wildman–Crippen MR) is 96.6 cm³/mol. The van der Waals surface area contributed by atoms with Gasteiger partial charge in [0.15, 0.2) is 5.76 Å². The molecular formula is C17H19N5O4. The molecule has 0 aliphatic carbocycles. The van der Waals surface area contributed by atoms with Crippen molar-refractivity contribution in [3.05, 3.63) is 58.0 Å². The second-order valence-corrected chi connectivity index (χ2v) is 5.97. The van der Waals surface area contributed by atoms with Gasteiger partial charge in [-0.05, 0) is 25.2 Å². The third kappa shape index (κ3) is 4.06. The zero-order valence-corrected chi connectivity index (χ0v) is 14.3. The van der Waals surface area contributed by atoms with Crippen LogP contribution >= 0.6 is 0 Å². The Balaban J connectivity index is 1.80. The van der Waals surface area contributed by atoms with E-state index in [-0.39, 0.29) is 11.4 Å². The number of anilines is 1. The topological polar surface area (TPSA) is 104 Å². The molecule has 1 fully saturated rings. The zero-order valence-electron chi connectivity index (χ0n) is 14.3. The Morgan fingerprint density at radius 1 is 1.31 bits per heavy atom. The number of nitro groups is 1. The maximum Gasteiger partial charge on any atom is 0.307 e. The van der Waals surface area contributed by atoms with E-state index in [2.05, 4.69) is 27.4 Å². The van der Waals surface area contributed by atoms with E-state index >= 15 is 0 Å². The van der Waals surface area contributed by atoms with Crippen LogP contribution in [-0.2, 0) is 0 Å². The minimum Gasteiger partial charge on any atom is -0.459 e. The second-order valence-electron chi connectivity index (χ2n) is 5.97. The van der Waals surface area contributed by atoms with Crippen LogP contribution in [-0.4, -0.2) is 55.2 Å². The summed E-state index contributed by atoms with van der Waals surface area (Å²) >= 11 is 0. The lowest BCUT2D eigenvalue weighted by Gasteiger charge is -2.34. The molecule has 1 aliphatic heterocycles. The number of furan rings is 1. The number of hydrogen-bond acceptors (Lipinski definition) is 7. The van der Waals surface area contributed by atoms with E-state index in [0.29, 0.717) is 5.56 Å². The van der Waals surface area contributed by atoms with Gasteiger partial charge in [-0.25, -0.2) is 5.43 Å². The van der Waals surface area contributed by atoms with Crippen molar-refractivity contribution in [2.45, 2.75) is 0 Å². The summed E-state index contributed by atoms with van der Waals surface area (Å²) in [6, 6.07) is 7.78. The molecule has 1 aromatic carbocycles. The van der Waals surface area contributed by atoms with Crippen molar-refractivity contribution in [1.29, 1.82) is 0 Å². The van der Waals surface area contributed by atoms with Gasteiger partial charge in [-0.3, -0.25) is 14.9 Å². The number of carbonyl (C=O) groups is 1. The number of benzene rings is 1. The van der Waals surface area contributed by atoms with Gasteiger partial charge in [-0.1, -0.05) is 0 Å². The fraction of sp³-hybridized carbons (Fsp3) is 0.294. The number of likely N-dealkylation sites (N-methyl/N-ethyl adjacent to an activating group) is 1. The number of hydrogen-bond donors (Lipinski definition) is 1. The fourth-order valence-electron chi connectivity index (χ4n) is 2.72. The first kappa shape index (κ1) is 17.6. The average molecular weight is 357 g/mol. The lowest BCUT2D eigenvalue weighted by molar-refractivity contribution is -0.384. The van der Waals surface area contributed by atoms with Crippen LogP contribution in [0.4, 0.5) is 11.4 Å². The highest BCUT2D eigenvalue weighted by molar-refractivity contribution is 5.93. The molecule has 1 aromatic heterocycles. The van der Waals surface area contributed by atoms with Gasteiger partial charge in [0.1, 0.15) is 0 Å². The molecule has 1 amide bonds. The van der Waals surface area contributed by atoms with Crippen molar-refractivity contribution < 1.29 is 14.1 Å². The van der Waals surface area contributed by atoms with Crippen LogP contribution in [0, 0.1) is 10.1 Å². The van der Waals surface area contributed by atoms with Gasteiger partial charge >= 0.3 is 5.91 Å². The monoisotopic (exact) mass is 357 g/mol. The van der Waals surface area contributed by atoms with Gasteiger partial charge in [0.25, 0.3) is 5.69 Å². The average Bonchev–Trinajstić information content (AvgIpc) is 3.17. The third-order valence-electron chi connectivity index (χ3n) is 4.18. The number of nitro benzene ring substituents is 1. The third-order valence-corrected chi connectivity index (χ3v) is 4.18. The van der Waals surface area contributed by atoms with E-state index in [1.54, 1.807) is 12.1 Å². The first-order chi connectivity index (χ1) is 12.5. The minimum absolute atomic E-state index is 0.0262. The van der Waals surface area contributed by atoms with Crippen molar-refractivity contribution in [3.8, 4) is 0 Å². The minimum atomic E-state index is -0.488. The highest BCUT2D eigenvalue weighted by Crippen LogP contribution is 2.25. The van der Waals surface area contributed by atoms with Crippen molar-refractivity contribution in [2.24, 2.45) is 5.10 Å². The molecule has 0 saturated carbocycles. The lowest BCUT2D eigenvalue weighted by Crippen LogP contribution is -2.44. The van der Waals surface area contributed by atoms with Gasteiger partial charge in [0, 0.05) is 49.6 Å². The lowest BCUT2D eigenvalue weighted by atomic mass is 10.1. The van der Waals surface area contributed by atoms with E-state index in [1.165, 1.54) is 30.7 Å². The molecule has 0 radical (unpaired) electrons. The molecule has 9 heteroatoms. The van der Waals surface area contributed by atoms with Crippen LogP contribution in [0.25, 0.3) is 0 Å². The molecule has 0 unspecified atom stereocenters. The quantitative estimate of drug-likeness (QED) is 0.496. The van der Waals surface area contributed by atoms with E-state index in [0.717, 1.165) is 31.9 Å². The Hall–Kier alpha value is -3.20. The number of nitrogens with one attached hydrogen (secondary N) is 1. The number of non-ortho nitro benzene ring substituents is 1. The highest BCUT2D eigenvalue weighted by Gasteiger charge is 2.19. The summed E-state index contributed by atoms with van der Waals surface area (Å²) < 4.78 is 4.99. The SMILES string of the molecule is CN1CCN(c2ccc([N+](=O)[O-])cc2/C=N/NC(=O)c2ccco2)CC1. The zero-order chi connectivity index (χ0) is 18.5. The molecule has 0 bridgehead atoms. The normalized spacial score (nSPS) is 15.3. The van der Waals surface area contributed by atoms with Crippen LogP contribution in [0.15, 0.2) is 46.1 Å². The van der Waals surface area contributed by atoms with Crippen LogP contribution in [0.3, 0.4) is 0 Å². The number of amides is 1. The molecule has 3 rings (SSSR count). The van der Waals surface area contributed by atoms with Crippen LogP contribution in [0.1, 0.15) is 16.1 Å². The first-order valence-electron chi connectivity index (χ1n) is 8.13. The Labute approximate surface area is 150 Å². The largest absolute Gasteiger partial charge is 0.459 e. The molecule has 1 aliphatic rings. The van der Waals surface area contributed by atoms with Crippen molar-refractivity contribution >= 4 is 23.5 Å².